The average molecular weight is 557 g/mol. The van der Waals surface area contributed by atoms with E-state index in [1.54, 1.807) is 43.3 Å². The molecule has 3 aliphatic rings. The van der Waals surface area contributed by atoms with Crippen molar-refractivity contribution in [3.63, 3.8) is 0 Å². The van der Waals surface area contributed by atoms with Gasteiger partial charge in [0.2, 0.25) is 0 Å². The Morgan fingerprint density at radius 1 is 1.18 bits per heavy atom. The molecule has 9 heteroatoms. The van der Waals surface area contributed by atoms with Crippen LogP contribution >= 0.6 is 0 Å². The Hall–Kier alpha value is -3.36. The van der Waals surface area contributed by atoms with Crippen LogP contribution in [0.15, 0.2) is 48.7 Å². The van der Waals surface area contributed by atoms with Gasteiger partial charge >= 0.3 is 18.2 Å². The lowest BCUT2D eigenvalue weighted by Crippen LogP contribution is -2.48. The molecule has 0 unspecified atom stereocenters. The zero-order chi connectivity index (χ0) is 28.6. The summed E-state index contributed by atoms with van der Waals surface area (Å²) >= 11 is 0. The van der Waals surface area contributed by atoms with Crippen molar-refractivity contribution in [2.45, 2.75) is 57.9 Å². The lowest BCUT2D eigenvalue weighted by Gasteiger charge is -2.48. The predicted octanol–water partition coefficient (Wildman–Crippen LogP) is 6.85. The van der Waals surface area contributed by atoms with Crippen LogP contribution in [0.1, 0.15) is 50.8 Å². The van der Waals surface area contributed by atoms with E-state index in [2.05, 4.69) is 11.1 Å². The minimum Gasteiger partial charge on any atom is -0.462 e. The first-order chi connectivity index (χ1) is 19.1. The first-order valence-electron chi connectivity index (χ1n) is 14.0. The molecule has 5 rings (SSSR count). The number of rotatable bonds is 5. The standard InChI is InChI=1S/C31H35F3N2O4/c1-4-39-30(38)36(3)24-11-13-25-21(15-24)16-27-28(18(2)40-29(27)37)26(25)12-10-23-9-8-20(17-35-23)19-6-5-7-22(14-19)31(32,33)34/h5-10,12,14,17-18,21,24-28H,4,11,13,15-16H2,1-3H3/b12-10+/t18-,21+,24-,25-,26+,27-,28+/m1/s1. The molecular weight excluding hydrogens is 521 g/mol. The van der Waals surface area contributed by atoms with Gasteiger partial charge in [-0.05, 0) is 87.1 Å². The smallest absolute Gasteiger partial charge is 0.416 e. The number of hydrogen-bond donors (Lipinski definition) is 0. The Morgan fingerprint density at radius 3 is 2.67 bits per heavy atom. The molecule has 6 nitrogen and oxygen atoms in total. The second-order valence-electron chi connectivity index (χ2n) is 11.2. The van der Waals surface area contributed by atoms with Crippen LogP contribution in [0, 0.1) is 29.6 Å². The molecule has 2 heterocycles. The van der Waals surface area contributed by atoms with Gasteiger partial charge in [-0.2, -0.15) is 13.2 Å². The van der Waals surface area contributed by atoms with Gasteiger partial charge in [0.1, 0.15) is 6.10 Å². The van der Waals surface area contributed by atoms with E-state index in [1.807, 2.05) is 13.0 Å². The van der Waals surface area contributed by atoms with Crippen molar-refractivity contribution >= 4 is 18.1 Å². The number of esters is 1. The minimum absolute atomic E-state index is 0.0707. The summed E-state index contributed by atoms with van der Waals surface area (Å²) < 4.78 is 50.3. The quantitative estimate of drug-likeness (QED) is 0.377. The SMILES string of the molecule is CCOC(=O)N(C)[C@@H]1CC[C@@H]2[C@@H](C1)C[C@H]1C(=O)O[C@H](C)[C@H]1[C@H]2/C=C/c1ccc(-c2cccc(C(F)(F)F)c2)cn1. The third-order valence-corrected chi connectivity index (χ3v) is 9.02. The first-order valence-corrected chi connectivity index (χ1v) is 14.0. The van der Waals surface area contributed by atoms with Crippen molar-refractivity contribution in [2.24, 2.45) is 29.6 Å². The van der Waals surface area contributed by atoms with Gasteiger partial charge in [-0.25, -0.2) is 4.79 Å². The molecule has 0 bridgehead atoms. The number of hydrogen-bond acceptors (Lipinski definition) is 5. The van der Waals surface area contributed by atoms with Crippen molar-refractivity contribution in [3.8, 4) is 11.1 Å². The number of pyridine rings is 1. The van der Waals surface area contributed by atoms with Crippen LogP contribution in [0.5, 0.6) is 0 Å². The summed E-state index contributed by atoms with van der Waals surface area (Å²) in [5.41, 5.74) is 1.06. The molecular formula is C31H35F3N2O4. The largest absolute Gasteiger partial charge is 0.462 e. The van der Waals surface area contributed by atoms with Crippen molar-refractivity contribution in [2.75, 3.05) is 13.7 Å². The topological polar surface area (TPSA) is 68.7 Å². The number of nitrogens with zero attached hydrogens (tertiary/aromatic N) is 2. The van der Waals surface area contributed by atoms with E-state index in [0.717, 1.165) is 37.8 Å². The molecule has 2 aromatic rings. The van der Waals surface area contributed by atoms with Crippen LogP contribution in [-0.4, -0.2) is 47.7 Å². The maximum absolute atomic E-state index is 13.1. The summed E-state index contributed by atoms with van der Waals surface area (Å²) in [6.07, 6.45) is 4.17. The molecule has 1 saturated heterocycles. The number of aromatic nitrogens is 1. The van der Waals surface area contributed by atoms with Crippen LogP contribution in [-0.2, 0) is 20.4 Å². The molecule has 1 amide bonds. The van der Waals surface area contributed by atoms with E-state index in [1.165, 1.54) is 6.07 Å². The van der Waals surface area contributed by atoms with E-state index in [0.29, 0.717) is 29.3 Å². The van der Waals surface area contributed by atoms with Gasteiger partial charge in [0, 0.05) is 30.8 Å². The highest BCUT2D eigenvalue weighted by Crippen LogP contribution is 2.54. The lowest BCUT2D eigenvalue weighted by atomic mass is 9.56. The van der Waals surface area contributed by atoms with E-state index in [-0.39, 0.29) is 47.9 Å². The summed E-state index contributed by atoms with van der Waals surface area (Å²) in [5.74, 6) is 0.511. The molecule has 0 N–H and O–H groups in total. The maximum atomic E-state index is 13.1. The van der Waals surface area contributed by atoms with E-state index in [9.17, 15) is 22.8 Å². The highest BCUT2D eigenvalue weighted by atomic mass is 19.4. The fourth-order valence-corrected chi connectivity index (χ4v) is 7.08. The van der Waals surface area contributed by atoms with Crippen LogP contribution < -0.4 is 0 Å². The van der Waals surface area contributed by atoms with Gasteiger partial charge < -0.3 is 14.4 Å². The zero-order valence-electron chi connectivity index (χ0n) is 22.9. The number of halogens is 3. The number of ether oxygens (including phenoxy) is 2. The van der Waals surface area contributed by atoms with Gasteiger partial charge in [0.05, 0.1) is 23.8 Å². The number of amides is 1. The average Bonchev–Trinajstić information content (AvgIpc) is 3.22. The number of allylic oxidation sites excluding steroid dienone is 1. The van der Waals surface area contributed by atoms with Crippen molar-refractivity contribution in [1.82, 2.24) is 9.88 Å². The number of alkyl halides is 3. The number of carbonyl (C=O) groups is 2. The number of fused-ring (bicyclic) bond motifs is 2. The van der Waals surface area contributed by atoms with Gasteiger partial charge in [-0.1, -0.05) is 24.3 Å². The summed E-state index contributed by atoms with van der Waals surface area (Å²) in [4.78, 5) is 31.3. The molecule has 0 spiro atoms. The molecule has 1 aromatic heterocycles. The molecule has 7 atom stereocenters. The molecule has 1 aliphatic heterocycles. The Morgan fingerprint density at radius 2 is 1.98 bits per heavy atom. The van der Waals surface area contributed by atoms with E-state index >= 15 is 0 Å². The Balaban J connectivity index is 1.35. The fourth-order valence-electron chi connectivity index (χ4n) is 7.08. The third-order valence-electron chi connectivity index (χ3n) is 9.02. The van der Waals surface area contributed by atoms with Gasteiger partial charge in [0.15, 0.2) is 0 Å². The monoisotopic (exact) mass is 556 g/mol. The van der Waals surface area contributed by atoms with Crippen LogP contribution in [0.4, 0.5) is 18.0 Å². The maximum Gasteiger partial charge on any atom is 0.416 e. The molecule has 2 saturated carbocycles. The summed E-state index contributed by atoms with van der Waals surface area (Å²) in [6, 6.07) is 8.86. The summed E-state index contributed by atoms with van der Waals surface area (Å²) in [5, 5.41) is 0. The summed E-state index contributed by atoms with van der Waals surface area (Å²) in [7, 11) is 1.78. The lowest BCUT2D eigenvalue weighted by molar-refractivity contribution is -0.144. The second-order valence-corrected chi connectivity index (χ2v) is 11.2. The molecule has 2 aliphatic carbocycles. The van der Waals surface area contributed by atoms with Gasteiger partial charge in [-0.15, -0.1) is 0 Å². The molecule has 3 fully saturated rings. The Kier molecular flexibility index (Phi) is 7.93. The van der Waals surface area contributed by atoms with Gasteiger partial charge in [-0.3, -0.25) is 9.78 Å². The number of carbonyl (C=O) groups excluding carboxylic acids is 2. The highest BCUT2D eigenvalue weighted by Gasteiger charge is 2.54. The summed E-state index contributed by atoms with van der Waals surface area (Å²) in [6.45, 7) is 4.09. The van der Waals surface area contributed by atoms with Crippen molar-refractivity contribution in [1.29, 1.82) is 0 Å². The zero-order valence-corrected chi connectivity index (χ0v) is 22.9. The number of benzene rings is 1. The molecule has 0 radical (unpaired) electrons. The van der Waals surface area contributed by atoms with Crippen LogP contribution in [0.3, 0.4) is 0 Å². The predicted molar refractivity (Wildman–Crippen MR) is 144 cm³/mol. The highest BCUT2D eigenvalue weighted by molar-refractivity contribution is 5.76. The van der Waals surface area contributed by atoms with E-state index < -0.39 is 11.7 Å². The Bertz CT molecular complexity index is 1260. The third kappa shape index (κ3) is 5.60. The van der Waals surface area contributed by atoms with Gasteiger partial charge in [0.25, 0.3) is 0 Å². The fraction of sp³-hybridized carbons (Fsp3) is 0.516. The minimum atomic E-state index is -4.41. The second kappa shape index (κ2) is 11.3. The van der Waals surface area contributed by atoms with Crippen LogP contribution in [0.2, 0.25) is 0 Å². The molecule has 1 aromatic carbocycles. The first kappa shape index (κ1) is 28.2. The number of cyclic esters (lactones) is 1. The van der Waals surface area contributed by atoms with Crippen molar-refractivity contribution in [3.05, 3.63) is 59.9 Å². The Labute approximate surface area is 232 Å². The normalized spacial score (nSPS) is 29.9. The van der Waals surface area contributed by atoms with Crippen LogP contribution in [0.25, 0.3) is 17.2 Å². The molecule has 214 valence electrons. The van der Waals surface area contributed by atoms with E-state index in [4.69, 9.17) is 9.47 Å². The molecule has 40 heavy (non-hydrogen) atoms. The van der Waals surface area contributed by atoms with Crippen molar-refractivity contribution < 1.29 is 32.2 Å².